The van der Waals surface area contributed by atoms with Crippen LogP contribution >= 0.6 is 11.6 Å². The van der Waals surface area contributed by atoms with E-state index in [-0.39, 0.29) is 11.1 Å². The fourth-order valence-electron chi connectivity index (χ4n) is 1.66. The Hall–Kier alpha value is -1.81. The summed E-state index contributed by atoms with van der Waals surface area (Å²) in [6, 6.07) is 6.48. The van der Waals surface area contributed by atoms with Crippen LogP contribution in [0.4, 0.5) is 15.8 Å². The van der Waals surface area contributed by atoms with E-state index in [9.17, 15) is 4.39 Å². The van der Waals surface area contributed by atoms with Crippen LogP contribution in [0, 0.1) is 5.82 Å². The SMILES string of the molecule is CC(Nc1cc(F)c(Cl)cc1N)c1ccncc1. The number of benzene rings is 1. The Morgan fingerprint density at radius 1 is 1.33 bits per heavy atom. The van der Waals surface area contributed by atoms with E-state index in [2.05, 4.69) is 10.3 Å². The maximum absolute atomic E-state index is 13.4. The maximum atomic E-state index is 13.4. The molecular weight excluding hydrogens is 253 g/mol. The van der Waals surface area contributed by atoms with Gasteiger partial charge in [0.2, 0.25) is 0 Å². The van der Waals surface area contributed by atoms with Gasteiger partial charge in [-0.15, -0.1) is 0 Å². The minimum atomic E-state index is -0.490. The molecule has 1 heterocycles. The van der Waals surface area contributed by atoms with Crippen molar-refractivity contribution in [3.8, 4) is 0 Å². The second-order valence-electron chi connectivity index (χ2n) is 4.00. The third-order valence-electron chi connectivity index (χ3n) is 2.67. The highest BCUT2D eigenvalue weighted by Crippen LogP contribution is 2.29. The van der Waals surface area contributed by atoms with E-state index in [0.29, 0.717) is 11.4 Å². The van der Waals surface area contributed by atoms with Crippen molar-refractivity contribution in [1.82, 2.24) is 4.98 Å². The summed E-state index contributed by atoms with van der Waals surface area (Å²) in [6.45, 7) is 1.96. The van der Waals surface area contributed by atoms with E-state index in [4.69, 9.17) is 17.3 Å². The molecule has 0 fully saturated rings. The Labute approximate surface area is 110 Å². The van der Waals surface area contributed by atoms with Crippen molar-refractivity contribution >= 4 is 23.0 Å². The van der Waals surface area contributed by atoms with Gasteiger partial charge in [0, 0.05) is 24.5 Å². The summed E-state index contributed by atoms with van der Waals surface area (Å²) in [5, 5.41) is 3.17. The number of aromatic nitrogens is 1. The predicted molar refractivity (Wildman–Crippen MR) is 72.1 cm³/mol. The number of nitrogens with zero attached hydrogens (tertiary/aromatic N) is 1. The maximum Gasteiger partial charge on any atom is 0.143 e. The predicted octanol–water partition coefficient (Wildman–Crippen LogP) is 3.63. The quantitative estimate of drug-likeness (QED) is 0.833. The van der Waals surface area contributed by atoms with E-state index in [1.165, 1.54) is 12.1 Å². The van der Waals surface area contributed by atoms with Crippen LogP contribution in [-0.2, 0) is 0 Å². The van der Waals surface area contributed by atoms with E-state index in [1.54, 1.807) is 12.4 Å². The van der Waals surface area contributed by atoms with Crippen molar-refractivity contribution < 1.29 is 4.39 Å². The van der Waals surface area contributed by atoms with Crippen molar-refractivity contribution in [3.05, 3.63) is 53.1 Å². The molecule has 5 heteroatoms. The topological polar surface area (TPSA) is 50.9 Å². The first-order valence-electron chi connectivity index (χ1n) is 5.49. The third kappa shape index (κ3) is 2.71. The highest BCUT2D eigenvalue weighted by atomic mass is 35.5. The van der Waals surface area contributed by atoms with Crippen LogP contribution in [0.1, 0.15) is 18.5 Å². The first-order valence-corrected chi connectivity index (χ1v) is 5.86. The van der Waals surface area contributed by atoms with Gasteiger partial charge in [0.15, 0.2) is 0 Å². The Kier molecular flexibility index (Phi) is 3.67. The molecule has 18 heavy (non-hydrogen) atoms. The van der Waals surface area contributed by atoms with Gasteiger partial charge in [-0.25, -0.2) is 4.39 Å². The standard InChI is InChI=1S/C13H13ClFN3/c1-8(9-2-4-17-5-3-9)18-13-7-11(15)10(14)6-12(13)16/h2-8,18H,16H2,1H3. The third-order valence-corrected chi connectivity index (χ3v) is 2.96. The number of halogens is 2. The van der Waals surface area contributed by atoms with Gasteiger partial charge in [-0.05, 0) is 30.7 Å². The molecule has 2 rings (SSSR count). The molecule has 3 nitrogen and oxygen atoms in total. The van der Waals surface area contributed by atoms with Crippen molar-refractivity contribution in [3.63, 3.8) is 0 Å². The zero-order valence-corrected chi connectivity index (χ0v) is 10.6. The normalized spacial score (nSPS) is 12.2. The zero-order chi connectivity index (χ0) is 13.1. The molecule has 3 N–H and O–H groups in total. The number of pyridine rings is 1. The highest BCUT2D eigenvalue weighted by Gasteiger charge is 2.10. The van der Waals surface area contributed by atoms with Gasteiger partial charge in [0.1, 0.15) is 5.82 Å². The molecule has 0 spiro atoms. The van der Waals surface area contributed by atoms with Gasteiger partial charge in [-0.2, -0.15) is 0 Å². The van der Waals surface area contributed by atoms with Crippen molar-refractivity contribution in [1.29, 1.82) is 0 Å². The van der Waals surface area contributed by atoms with Crippen LogP contribution in [0.5, 0.6) is 0 Å². The minimum Gasteiger partial charge on any atom is -0.397 e. The average molecular weight is 266 g/mol. The lowest BCUT2D eigenvalue weighted by molar-refractivity contribution is 0.628. The number of hydrogen-bond acceptors (Lipinski definition) is 3. The molecule has 94 valence electrons. The Bertz CT molecular complexity index is 545. The minimum absolute atomic E-state index is 0.00382. The fourth-order valence-corrected chi connectivity index (χ4v) is 1.83. The largest absolute Gasteiger partial charge is 0.397 e. The Balaban J connectivity index is 2.22. The monoisotopic (exact) mass is 265 g/mol. The molecule has 0 saturated heterocycles. The van der Waals surface area contributed by atoms with Crippen LogP contribution in [-0.4, -0.2) is 4.98 Å². The Morgan fingerprint density at radius 3 is 2.67 bits per heavy atom. The smallest absolute Gasteiger partial charge is 0.143 e. The summed E-state index contributed by atoms with van der Waals surface area (Å²) in [4.78, 5) is 3.95. The van der Waals surface area contributed by atoms with Gasteiger partial charge in [0.25, 0.3) is 0 Å². The molecule has 1 atom stereocenters. The molecule has 1 unspecified atom stereocenters. The second-order valence-corrected chi connectivity index (χ2v) is 4.41. The van der Waals surface area contributed by atoms with Gasteiger partial charge in [0.05, 0.1) is 16.4 Å². The molecular formula is C13H13ClFN3. The lowest BCUT2D eigenvalue weighted by atomic mass is 10.1. The van der Waals surface area contributed by atoms with E-state index in [0.717, 1.165) is 5.56 Å². The molecule has 0 aliphatic carbocycles. The fraction of sp³-hybridized carbons (Fsp3) is 0.154. The van der Waals surface area contributed by atoms with Crippen LogP contribution in [0.15, 0.2) is 36.7 Å². The second kappa shape index (κ2) is 5.23. The number of nitrogens with one attached hydrogen (secondary N) is 1. The molecule has 0 aliphatic heterocycles. The average Bonchev–Trinajstić information content (AvgIpc) is 2.37. The number of nitrogen functional groups attached to an aromatic ring is 1. The summed E-state index contributed by atoms with van der Waals surface area (Å²) >= 11 is 5.65. The first kappa shape index (κ1) is 12.6. The summed E-state index contributed by atoms with van der Waals surface area (Å²) in [5.74, 6) is -0.490. The summed E-state index contributed by atoms with van der Waals surface area (Å²) in [6.07, 6.45) is 3.42. The van der Waals surface area contributed by atoms with Crippen LogP contribution in [0.3, 0.4) is 0 Å². The molecule has 0 bridgehead atoms. The van der Waals surface area contributed by atoms with Gasteiger partial charge in [-0.1, -0.05) is 11.6 Å². The van der Waals surface area contributed by atoms with Gasteiger partial charge in [-0.3, -0.25) is 4.98 Å². The molecule has 1 aromatic heterocycles. The lowest BCUT2D eigenvalue weighted by Crippen LogP contribution is -2.08. The number of anilines is 2. The van der Waals surface area contributed by atoms with Gasteiger partial charge < -0.3 is 11.1 Å². The number of nitrogens with two attached hydrogens (primary N) is 1. The van der Waals surface area contributed by atoms with Crippen LogP contribution < -0.4 is 11.1 Å². The summed E-state index contributed by atoms with van der Waals surface area (Å²) in [5.41, 5.74) is 7.78. The van der Waals surface area contributed by atoms with E-state index in [1.807, 2.05) is 19.1 Å². The lowest BCUT2D eigenvalue weighted by Gasteiger charge is -2.17. The van der Waals surface area contributed by atoms with Crippen molar-refractivity contribution in [2.45, 2.75) is 13.0 Å². The zero-order valence-electron chi connectivity index (χ0n) is 9.82. The molecule has 0 radical (unpaired) electrons. The molecule has 1 aromatic carbocycles. The number of hydrogen-bond donors (Lipinski definition) is 2. The van der Waals surface area contributed by atoms with Crippen molar-refractivity contribution in [2.75, 3.05) is 11.1 Å². The molecule has 0 aliphatic rings. The summed E-state index contributed by atoms with van der Waals surface area (Å²) < 4.78 is 13.4. The molecule has 0 saturated carbocycles. The molecule has 2 aromatic rings. The van der Waals surface area contributed by atoms with Crippen molar-refractivity contribution in [2.24, 2.45) is 0 Å². The Morgan fingerprint density at radius 2 is 2.00 bits per heavy atom. The number of rotatable bonds is 3. The van der Waals surface area contributed by atoms with Crippen LogP contribution in [0.2, 0.25) is 5.02 Å². The van der Waals surface area contributed by atoms with Crippen LogP contribution in [0.25, 0.3) is 0 Å². The van der Waals surface area contributed by atoms with E-state index < -0.39 is 5.82 Å². The first-order chi connectivity index (χ1) is 8.58. The molecule has 0 amide bonds. The van der Waals surface area contributed by atoms with E-state index >= 15 is 0 Å². The highest BCUT2D eigenvalue weighted by molar-refractivity contribution is 6.31. The summed E-state index contributed by atoms with van der Waals surface area (Å²) in [7, 11) is 0. The van der Waals surface area contributed by atoms with Gasteiger partial charge >= 0.3 is 0 Å².